The van der Waals surface area contributed by atoms with Gasteiger partial charge in [-0.25, -0.2) is 8.78 Å². The van der Waals surface area contributed by atoms with Gasteiger partial charge in [-0.2, -0.15) is 13.2 Å². The zero-order valence-electron chi connectivity index (χ0n) is 7.04. The average Bonchev–Trinajstić information content (AvgIpc) is 2.33. The van der Waals surface area contributed by atoms with Crippen LogP contribution in [0.4, 0.5) is 22.0 Å². The topological polar surface area (TPSA) is 20.2 Å². The summed E-state index contributed by atoms with van der Waals surface area (Å²) in [4.78, 5) is 0. The molecule has 13 heavy (non-hydrogen) atoms. The van der Waals surface area contributed by atoms with Gasteiger partial charge in [-0.1, -0.05) is 0 Å². The molecule has 0 amide bonds. The van der Waals surface area contributed by atoms with Crippen LogP contribution in [0, 0.1) is 5.92 Å². The van der Waals surface area contributed by atoms with E-state index in [9.17, 15) is 22.0 Å². The molecule has 1 aliphatic carbocycles. The van der Waals surface area contributed by atoms with Crippen LogP contribution in [0.25, 0.3) is 0 Å². The molecule has 6 heteroatoms. The molecule has 0 aromatic rings. The maximum absolute atomic E-state index is 12.2. The van der Waals surface area contributed by atoms with Gasteiger partial charge in [0, 0.05) is 20.0 Å². The predicted molar refractivity (Wildman–Crippen MR) is 36.5 cm³/mol. The number of hydrogen-bond donors (Lipinski definition) is 1. The molecule has 1 fully saturated rings. The first-order chi connectivity index (χ1) is 5.81. The van der Waals surface area contributed by atoms with Gasteiger partial charge in [-0.3, -0.25) is 0 Å². The Morgan fingerprint density at radius 2 is 1.69 bits per heavy atom. The van der Waals surface area contributed by atoms with Crippen molar-refractivity contribution in [2.24, 2.45) is 5.92 Å². The summed E-state index contributed by atoms with van der Waals surface area (Å²) in [5, 5.41) is 7.00. The summed E-state index contributed by atoms with van der Waals surface area (Å²) in [6, 6.07) is 0. The van der Waals surface area contributed by atoms with Gasteiger partial charge >= 0.3 is 6.18 Å². The zero-order valence-corrected chi connectivity index (χ0v) is 7.04. The van der Waals surface area contributed by atoms with Crippen LogP contribution in [0.3, 0.4) is 0 Å². The fourth-order valence-corrected chi connectivity index (χ4v) is 1.23. The lowest BCUT2D eigenvalue weighted by atomic mass is 10.1. The highest BCUT2D eigenvalue weighted by Gasteiger charge is 2.51. The van der Waals surface area contributed by atoms with E-state index in [1.54, 1.807) is 0 Å². The second kappa shape index (κ2) is 4.21. The molecule has 1 atom stereocenters. The van der Waals surface area contributed by atoms with Crippen molar-refractivity contribution in [2.45, 2.75) is 31.4 Å². The molecule has 0 spiro atoms. The fraction of sp³-hybridized carbons (Fsp3) is 1.00. The van der Waals surface area contributed by atoms with Crippen molar-refractivity contribution < 1.29 is 27.1 Å². The molecule has 0 aromatic carbocycles. The van der Waals surface area contributed by atoms with Crippen molar-refractivity contribution in [3.8, 4) is 0 Å². The van der Waals surface area contributed by atoms with E-state index in [2.05, 4.69) is 0 Å². The molecule has 0 aromatic heterocycles. The van der Waals surface area contributed by atoms with Gasteiger partial charge in [0.05, 0.1) is 5.92 Å². The molecule has 0 saturated heterocycles. The quantitative estimate of drug-likeness (QED) is 0.604. The summed E-state index contributed by atoms with van der Waals surface area (Å²) in [6.07, 6.45) is -6.54. The van der Waals surface area contributed by atoms with Crippen LogP contribution in [-0.4, -0.2) is 24.3 Å². The Labute approximate surface area is 72.6 Å². The summed E-state index contributed by atoms with van der Waals surface area (Å²) in [5.74, 6) is -4.89. The first-order valence-corrected chi connectivity index (χ1v) is 3.70. The summed E-state index contributed by atoms with van der Waals surface area (Å²) < 4.78 is 59.8. The Balaban J connectivity index is 0.000000671. The lowest BCUT2D eigenvalue weighted by Gasteiger charge is -2.13. The van der Waals surface area contributed by atoms with Crippen LogP contribution < -0.4 is 0 Å². The standard InChI is InChI=1S/C6H7F5.CH4O/c7-5(8)2-1-4(3-5)6(9,10)11;1-2/h4H,1-3H2;2H,1H3. The largest absolute Gasteiger partial charge is 0.400 e. The minimum absolute atomic E-state index is 0.434. The fourth-order valence-electron chi connectivity index (χ4n) is 1.23. The van der Waals surface area contributed by atoms with E-state index in [4.69, 9.17) is 5.11 Å². The van der Waals surface area contributed by atoms with Gasteiger partial charge in [-0.15, -0.1) is 0 Å². The molecule has 1 N–H and O–H groups in total. The van der Waals surface area contributed by atoms with Crippen LogP contribution in [0.15, 0.2) is 0 Å². The molecule has 1 rings (SSSR count). The number of hydrogen-bond acceptors (Lipinski definition) is 1. The summed E-state index contributed by atoms with van der Waals surface area (Å²) in [7, 11) is 1.00. The number of aliphatic hydroxyl groups excluding tert-OH is 1. The normalized spacial score (nSPS) is 26.5. The van der Waals surface area contributed by atoms with Crippen molar-refractivity contribution in [1.29, 1.82) is 0 Å². The number of rotatable bonds is 0. The van der Waals surface area contributed by atoms with Crippen molar-refractivity contribution in [1.82, 2.24) is 0 Å². The van der Waals surface area contributed by atoms with E-state index >= 15 is 0 Å². The Morgan fingerprint density at radius 3 is 1.85 bits per heavy atom. The second-order valence-corrected chi connectivity index (χ2v) is 2.84. The van der Waals surface area contributed by atoms with Crippen LogP contribution in [-0.2, 0) is 0 Å². The van der Waals surface area contributed by atoms with E-state index in [0.717, 1.165) is 7.11 Å². The molecule has 1 nitrogen and oxygen atoms in total. The average molecular weight is 206 g/mol. The van der Waals surface area contributed by atoms with Crippen LogP contribution in [0.1, 0.15) is 19.3 Å². The van der Waals surface area contributed by atoms with Crippen molar-refractivity contribution in [2.75, 3.05) is 7.11 Å². The SMILES string of the molecule is CO.FC1(F)CCC(C(F)(F)F)C1. The molecular weight excluding hydrogens is 195 g/mol. The highest BCUT2D eigenvalue weighted by molar-refractivity contribution is 4.84. The summed E-state index contributed by atoms with van der Waals surface area (Å²) in [6.45, 7) is 0. The van der Waals surface area contributed by atoms with Crippen molar-refractivity contribution >= 4 is 0 Å². The smallest absolute Gasteiger partial charge is 0.392 e. The third-order valence-electron chi connectivity index (χ3n) is 1.87. The van der Waals surface area contributed by atoms with Crippen LogP contribution in [0.2, 0.25) is 0 Å². The molecule has 0 bridgehead atoms. The zero-order chi connectivity index (χ0) is 10.7. The molecule has 0 heterocycles. The number of aliphatic hydroxyl groups is 1. The van der Waals surface area contributed by atoms with E-state index in [1.807, 2.05) is 0 Å². The highest BCUT2D eigenvalue weighted by Crippen LogP contribution is 2.46. The van der Waals surface area contributed by atoms with E-state index in [1.165, 1.54) is 0 Å². The van der Waals surface area contributed by atoms with Gasteiger partial charge in [0.2, 0.25) is 5.92 Å². The van der Waals surface area contributed by atoms with Crippen molar-refractivity contribution in [3.05, 3.63) is 0 Å². The first kappa shape index (κ1) is 12.6. The van der Waals surface area contributed by atoms with Gasteiger partial charge in [0.1, 0.15) is 0 Å². The first-order valence-electron chi connectivity index (χ1n) is 3.70. The van der Waals surface area contributed by atoms with Gasteiger partial charge in [0.25, 0.3) is 0 Å². The maximum Gasteiger partial charge on any atom is 0.392 e. The summed E-state index contributed by atoms with van der Waals surface area (Å²) >= 11 is 0. The Bertz CT molecular complexity index is 153. The van der Waals surface area contributed by atoms with Gasteiger partial charge < -0.3 is 5.11 Å². The maximum atomic E-state index is 12.2. The monoisotopic (exact) mass is 206 g/mol. The second-order valence-electron chi connectivity index (χ2n) is 2.84. The molecule has 80 valence electrons. The van der Waals surface area contributed by atoms with E-state index in [-0.39, 0.29) is 0 Å². The van der Waals surface area contributed by atoms with Gasteiger partial charge in [-0.05, 0) is 6.42 Å². The lowest BCUT2D eigenvalue weighted by Crippen LogP contribution is -2.22. The molecule has 0 radical (unpaired) electrons. The molecular formula is C7H11F5O. The Kier molecular flexibility index (Phi) is 4.09. The molecule has 1 aliphatic rings. The third kappa shape index (κ3) is 3.89. The molecule has 1 saturated carbocycles. The molecule has 0 aliphatic heterocycles. The lowest BCUT2D eigenvalue weighted by molar-refractivity contribution is -0.178. The van der Waals surface area contributed by atoms with Crippen LogP contribution in [0.5, 0.6) is 0 Å². The summed E-state index contributed by atoms with van der Waals surface area (Å²) in [5.41, 5.74) is 0. The van der Waals surface area contributed by atoms with E-state index < -0.39 is 37.3 Å². The number of halogens is 5. The van der Waals surface area contributed by atoms with Crippen molar-refractivity contribution in [3.63, 3.8) is 0 Å². The van der Waals surface area contributed by atoms with Gasteiger partial charge in [0.15, 0.2) is 0 Å². The minimum atomic E-state index is -4.44. The third-order valence-corrected chi connectivity index (χ3v) is 1.87. The Hall–Kier alpha value is -0.390. The Morgan fingerprint density at radius 1 is 1.23 bits per heavy atom. The number of alkyl halides is 5. The predicted octanol–water partition coefficient (Wildman–Crippen LogP) is 2.59. The highest BCUT2D eigenvalue weighted by atomic mass is 19.4. The molecule has 1 unspecified atom stereocenters. The van der Waals surface area contributed by atoms with Crippen LogP contribution >= 0.6 is 0 Å². The minimum Gasteiger partial charge on any atom is -0.400 e. The van der Waals surface area contributed by atoms with E-state index in [0.29, 0.717) is 0 Å².